The normalized spacial score (nSPS) is 27.5. The first-order valence-corrected chi connectivity index (χ1v) is 12.3. The molecule has 0 aliphatic carbocycles. The summed E-state index contributed by atoms with van der Waals surface area (Å²) in [7, 11) is 0. The van der Waals surface area contributed by atoms with Gasteiger partial charge in [-0.1, -0.05) is 0 Å². The van der Waals surface area contributed by atoms with E-state index >= 15 is 0 Å². The van der Waals surface area contributed by atoms with Crippen molar-refractivity contribution in [3.63, 3.8) is 0 Å². The topological polar surface area (TPSA) is 65.1 Å². The monoisotopic (exact) mass is 451 g/mol. The Morgan fingerprint density at radius 3 is 2.36 bits per heavy atom. The van der Waals surface area contributed by atoms with Crippen LogP contribution < -0.4 is 0 Å². The van der Waals surface area contributed by atoms with Crippen LogP contribution in [0.15, 0.2) is 0 Å². The average Bonchev–Trinajstić information content (AvgIpc) is 3.02. The zero-order chi connectivity index (χ0) is 21.3. The molecule has 0 aromatic carbocycles. The molecule has 28 heavy (non-hydrogen) atoms. The van der Waals surface area contributed by atoms with Gasteiger partial charge in [-0.15, -0.1) is 35.3 Å². The van der Waals surface area contributed by atoms with Crippen molar-refractivity contribution in [2.24, 2.45) is 0 Å². The van der Waals surface area contributed by atoms with Crippen molar-refractivity contribution in [3.05, 3.63) is 0 Å². The van der Waals surface area contributed by atoms with Crippen LogP contribution in [0.4, 0.5) is 4.79 Å². The van der Waals surface area contributed by atoms with Crippen molar-refractivity contribution in [2.45, 2.75) is 87.4 Å². The van der Waals surface area contributed by atoms with Gasteiger partial charge >= 0.3 is 12.1 Å². The third-order valence-corrected chi connectivity index (χ3v) is 8.96. The van der Waals surface area contributed by atoms with Crippen LogP contribution >= 0.6 is 35.3 Å². The maximum absolute atomic E-state index is 12.7. The number of thioether (sulfide) groups is 3. The van der Waals surface area contributed by atoms with E-state index in [1.165, 1.54) is 16.7 Å². The molecule has 0 N–H and O–H groups in total. The molecule has 3 unspecified atom stereocenters. The number of nitrogens with zero attached hydrogens (tertiary/aromatic N) is 1. The van der Waals surface area contributed by atoms with Crippen LogP contribution in [-0.4, -0.2) is 67.2 Å². The molecule has 2 rings (SSSR count). The minimum absolute atomic E-state index is 0.201. The summed E-state index contributed by atoms with van der Waals surface area (Å²) in [4.78, 5) is 26.9. The van der Waals surface area contributed by atoms with Gasteiger partial charge in [-0.25, -0.2) is 9.59 Å². The van der Waals surface area contributed by atoms with Crippen molar-refractivity contribution in [2.75, 3.05) is 18.2 Å². The maximum Gasteiger partial charge on any atom is 0.413 e. The Bertz CT molecular complexity index is 591. The fraction of sp³-hybridized carbons (Fsp3) is 0.895. The molecule has 2 heterocycles. The van der Waals surface area contributed by atoms with Gasteiger partial charge in [0.25, 0.3) is 0 Å². The fourth-order valence-electron chi connectivity index (χ4n) is 3.02. The van der Waals surface area contributed by atoms with Gasteiger partial charge in [0.2, 0.25) is 6.29 Å². The molecule has 1 amide bonds. The summed E-state index contributed by atoms with van der Waals surface area (Å²) in [6, 6.07) is -0.695. The van der Waals surface area contributed by atoms with Crippen LogP contribution in [-0.2, 0) is 19.0 Å². The number of esters is 1. The molecule has 162 valence electrons. The van der Waals surface area contributed by atoms with Gasteiger partial charge in [-0.2, -0.15) is 0 Å². The Morgan fingerprint density at radius 2 is 1.82 bits per heavy atom. The predicted octanol–water partition coefficient (Wildman–Crippen LogP) is 4.57. The highest BCUT2D eigenvalue weighted by Gasteiger charge is 2.50. The standard InChI is InChI=1S/C19H33NO5S3/c1-12(23-9-13-10-26-19(7,8)28-13)24-16(22)20-11-27-18(5,6)14(20)15(21)25-17(2,3)4/h12-14H,9-11H2,1-8H3. The fourth-order valence-corrected chi connectivity index (χ4v) is 7.12. The third-order valence-electron chi connectivity index (χ3n) is 4.26. The molecule has 0 aromatic heterocycles. The molecule has 0 bridgehead atoms. The summed E-state index contributed by atoms with van der Waals surface area (Å²) in [5.74, 6) is 0.997. The smallest absolute Gasteiger partial charge is 0.413 e. The highest BCUT2D eigenvalue weighted by Crippen LogP contribution is 2.47. The van der Waals surface area contributed by atoms with Gasteiger partial charge in [-0.3, -0.25) is 4.90 Å². The number of hydrogen-bond donors (Lipinski definition) is 0. The molecular weight excluding hydrogens is 418 g/mol. The zero-order valence-electron chi connectivity index (χ0n) is 18.1. The Morgan fingerprint density at radius 1 is 1.18 bits per heavy atom. The van der Waals surface area contributed by atoms with Gasteiger partial charge in [0.15, 0.2) is 0 Å². The van der Waals surface area contributed by atoms with Crippen molar-refractivity contribution in [1.29, 1.82) is 0 Å². The highest BCUT2D eigenvalue weighted by atomic mass is 32.2. The summed E-state index contributed by atoms with van der Waals surface area (Å²) >= 11 is 5.34. The number of amides is 1. The summed E-state index contributed by atoms with van der Waals surface area (Å²) in [6.07, 6.45) is -1.22. The minimum Gasteiger partial charge on any atom is -0.458 e. The van der Waals surface area contributed by atoms with Crippen LogP contribution in [0.25, 0.3) is 0 Å². The van der Waals surface area contributed by atoms with Crippen molar-refractivity contribution in [1.82, 2.24) is 4.90 Å². The van der Waals surface area contributed by atoms with Gasteiger partial charge in [0.1, 0.15) is 11.6 Å². The van der Waals surface area contributed by atoms with E-state index in [-0.39, 0.29) is 4.08 Å². The Balaban J connectivity index is 1.91. The molecule has 2 saturated heterocycles. The number of rotatable bonds is 5. The van der Waals surface area contributed by atoms with E-state index in [1.807, 2.05) is 58.1 Å². The SMILES string of the molecule is CC(OCC1CSC(C)(C)S1)OC(=O)N1CSC(C)(C)C1C(=O)OC(C)(C)C. The number of carbonyl (C=O) groups is 2. The lowest BCUT2D eigenvalue weighted by Crippen LogP contribution is -2.51. The van der Waals surface area contributed by atoms with Crippen LogP contribution in [0.5, 0.6) is 0 Å². The summed E-state index contributed by atoms with van der Waals surface area (Å²) in [5.41, 5.74) is -0.614. The number of hydrogen-bond acceptors (Lipinski definition) is 8. The first-order valence-electron chi connectivity index (χ1n) is 9.48. The van der Waals surface area contributed by atoms with Crippen molar-refractivity contribution in [3.8, 4) is 0 Å². The lowest BCUT2D eigenvalue weighted by molar-refractivity contribution is -0.162. The summed E-state index contributed by atoms with van der Waals surface area (Å²) in [5, 5.41) is 0.386. The van der Waals surface area contributed by atoms with Gasteiger partial charge in [0, 0.05) is 15.7 Å². The Labute approximate surface area is 181 Å². The lowest BCUT2D eigenvalue weighted by atomic mass is 10.0. The molecule has 9 heteroatoms. The van der Waals surface area contributed by atoms with Crippen LogP contribution in [0.1, 0.15) is 55.4 Å². The molecule has 6 nitrogen and oxygen atoms in total. The third kappa shape index (κ3) is 6.64. The summed E-state index contributed by atoms with van der Waals surface area (Å²) in [6.45, 7) is 16.0. The maximum atomic E-state index is 12.7. The first-order chi connectivity index (χ1) is 12.7. The van der Waals surface area contributed by atoms with E-state index in [9.17, 15) is 9.59 Å². The zero-order valence-corrected chi connectivity index (χ0v) is 20.5. The van der Waals surface area contributed by atoms with Crippen molar-refractivity contribution >= 4 is 47.3 Å². The van der Waals surface area contributed by atoms with E-state index in [0.717, 1.165) is 5.75 Å². The summed E-state index contributed by atoms with van der Waals surface area (Å²) < 4.78 is 16.5. The second-order valence-electron chi connectivity index (χ2n) is 9.02. The van der Waals surface area contributed by atoms with E-state index in [4.69, 9.17) is 14.2 Å². The quantitative estimate of drug-likeness (QED) is 0.445. The molecular formula is C19H33NO5S3. The van der Waals surface area contributed by atoms with Crippen LogP contribution in [0, 0.1) is 0 Å². The predicted molar refractivity (Wildman–Crippen MR) is 118 cm³/mol. The molecule has 0 spiro atoms. The molecule has 0 aromatic rings. The van der Waals surface area contributed by atoms with Gasteiger partial charge < -0.3 is 14.2 Å². The number of ether oxygens (including phenoxy) is 3. The Kier molecular flexibility index (Phi) is 7.60. The van der Waals surface area contributed by atoms with E-state index in [2.05, 4.69) is 13.8 Å². The molecule has 2 fully saturated rings. The van der Waals surface area contributed by atoms with E-state index in [0.29, 0.717) is 17.7 Å². The largest absolute Gasteiger partial charge is 0.458 e. The first kappa shape index (κ1) is 24.0. The van der Waals surface area contributed by atoms with E-state index in [1.54, 1.807) is 6.92 Å². The number of carbonyl (C=O) groups excluding carboxylic acids is 2. The molecule has 0 saturated carbocycles. The molecule has 3 atom stereocenters. The van der Waals surface area contributed by atoms with Crippen LogP contribution in [0.3, 0.4) is 0 Å². The Hall–Kier alpha value is -0.250. The lowest BCUT2D eigenvalue weighted by Gasteiger charge is -2.32. The second-order valence-corrected chi connectivity index (χ2v) is 14.4. The highest BCUT2D eigenvalue weighted by molar-refractivity contribution is 8.21. The van der Waals surface area contributed by atoms with Gasteiger partial charge in [-0.05, 0) is 55.4 Å². The average molecular weight is 452 g/mol. The molecule has 0 radical (unpaired) electrons. The van der Waals surface area contributed by atoms with Gasteiger partial charge in [0.05, 0.1) is 16.6 Å². The van der Waals surface area contributed by atoms with Crippen LogP contribution in [0.2, 0.25) is 0 Å². The minimum atomic E-state index is -0.695. The van der Waals surface area contributed by atoms with Crippen molar-refractivity contribution < 1.29 is 23.8 Å². The van der Waals surface area contributed by atoms with E-state index < -0.39 is 34.7 Å². The molecule has 2 aliphatic heterocycles. The second kappa shape index (κ2) is 8.86. The molecule has 2 aliphatic rings.